The first-order valence-electron chi connectivity index (χ1n) is 11.6. The summed E-state index contributed by atoms with van der Waals surface area (Å²) in [5.41, 5.74) is 2.90. The fraction of sp³-hybridized carbons (Fsp3) is 0.250. The highest BCUT2D eigenvalue weighted by atomic mass is 79.9. The maximum Gasteiger partial charge on any atom is 0.295 e. The van der Waals surface area contributed by atoms with Gasteiger partial charge in [-0.1, -0.05) is 47.5 Å². The van der Waals surface area contributed by atoms with Gasteiger partial charge in [0.05, 0.1) is 18.2 Å². The zero-order chi connectivity index (χ0) is 24.9. The summed E-state index contributed by atoms with van der Waals surface area (Å²) in [5.74, 6) is -0.829. The van der Waals surface area contributed by atoms with E-state index < -0.39 is 17.7 Å². The van der Waals surface area contributed by atoms with Gasteiger partial charge < -0.3 is 14.7 Å². The number of ketones is 1. The van der Waals surface area contributed by atoms with Crippen molar-refractivity contribution >= 4 is 33.4 Å². The van der Waals surface area contributed by atoms with E-state index in [0.29, 0.717) is 12.2 Å². The van der Waals surface area contributed by atoms with E-state index in [1.54, 1.807) is 36.7 Å². The van der Waals surface area contributed by atoms with Crippen LogP contribution in [0.1, 0.15) is 48.1 Å². The first kappa shape index (κ1) is 24.7. The Balaban J connectivity index is 1.77. The summed E-state index contributed by atoms with van der Waals surface area (Å²) in [4.78, 5) is 32.0. The number of benzene rings is 2. The lowest BCUT2D eigenvalue weighted by Gasteiger charge is -2.25. The average Bonchev–Trinajstić information content (AvgIpc) is 3.10. The van der Waals surface area contributed by atoms with Crippen LogP contribution in [0.4, 0.5) is 0 Å². The third-order valence-corrected chi connectivity index (χ3v) is 6.53. The van der Waals surface area contributed by atoms with Gasteiger partial charge in [-0.05, 0) is 66.4 Å². The van der Waals surface area contributed by atoms with Gasteiger partial charge in [0.1, 0.15) is 11.5 Å². The first-order chi connectivity index (χ1) is 16.9. The van der Waals surface area contributed by atoms with Crippen LogP contribution in [0.2, 0.25) is 0 Å². The van der Waals surface area contributed by atoms with Gasteiger partial charge in [-0.25, -0.2) is 0 Å². The topological polar surface area (TPSA) is 79.7 Å². The molecule has 180 valence electrons. The number of Topliss-reactive ketones (excluding diaryl/α,β-unsaturated/α-hetero) is 1. The number of aliphatic hydroxyl groups excluding tert-OH is 1. The number of carbonyl (C=O) groups is 2. The van der Waals surface area contributed by atoms with Gasteiger partial charge in [0.2, 0.25) is 0 Å². The Morgan fingerprint density at radius 3 is 2.57 bits per heavy atom. The Labute approximate surface area is 213 Å². The minimum Gasteiger partial charge on any atom is -0.507 e. The number of likely N-dealkylation sites (tertiary alicyclic amines) is 1. The highest BCUT2D eigenvalue weighted by molar-refractivity contribution is 9.10. The number of halogens is 1. The number of aryl methyl sites for hydroxylation is 1. The van der Waals surface area contributed by atoms with Crippen LogP contribution < -0.4 is 4.74 Å². The second kappa shape index (κ2) is 10.9. The molecule has 0 aliphatic carbocycles. The minimum absolute atomic E-state index is 0.0697. The summed E-state index contributed by atoms with van der Waals surface area (Å²) in [7, 11) is 0. The SMILES string of the molecule is CCCCOc1ccc(C(O)=C2C(=O)C(=O)N(Cc3cccnc3)[C@@H]2c2ccc(Br)cc2)cc1C. The number of hydrogen-bond acceptors (Lipinski definition) is 5. The summed E-state index contributed by atoms with van der Waals surface area (Å²) < 4.78 is 6.70. The van der Waals surface area contributed by atoms with Crippen molar-refractivity contribution in [1.29, 1.82) is 0 Å². The molecule has 1 aliphatic heterocycles. The third-order valence-electron chi connectivity index (χ3n) is 6.01. The lowest BCUT2D eigenvalue weighted by atomic mass is 9.94. The van der Waals surface area contributed by atoms with Crippen LogP contribution >= 0.6 is 15.9 Å². The number of aliphatic hydroxyl groups is 1. The predicted octanol–water partition coefficient (Wildman–Crippen LogP) is 5.95. The molecule has 0 radical (unpaired) electrons. The quantitative estimate of drug-likeness (QED) is 0.167. The smallest absolute Gasteiger partial charge is 0.295 e. The van der Waals surface area contributed by atoms with Gasteiger partial charge in [-0.15, -0.1) is 0 Å². The molecule has 2 heterocycles. The van der Waals surface area contributed by atoms with E-state index in [1.807, 2.05) is 37.3 Å². The number of hydrogen-bond donors (Lipinski definition) is 1. The Hall–Kier alpha value is -3.45. The molecule has 1 N–H and O–H groups in total. The maximum absolute atomic E-state index is 13.2. The fourth-order valence-electron chi connectivity index (χ4n) is 4.16. The summed E-state index contributed by atoms with van der Waals surface area (Å²) in [6, 6.07) is 15.6. The molecule has 1 amide bonds. The number of unbranched alkanes of at least 4 members (excludes halogenated alkanes) is 1. The van der Waals surface area contributed by atoms with E-state index in [-0.39, 0.29) is 17.9 Å². The molecule has 2 aromatic carbocycles. The molecule has 1 aliphatic rings. The van der Waals surface area contributed by atoms with E-state index in [2.05, 4.69) is 27.8 Å². The molecular formula is C28H27BrN2O4. The zero-order valence-electron chi connectivity index (χ0n) is 19.7. The van der Waals surface area contributed by atoms with Crippen LogP contribution in [0.25, 0.3) is 5.76 Å². The summed E-state index contributed by atoms with van der Waals surface area (Å²) in [6.07, 6.45) is 5.31. The van der Waals surface area contributed by atoms with Gasteiger partial charge in [0, 0.05) is 29.0 Å². The van der Waals surface area contributed by atoms with Crippen LogP contribution in [-0.4, -0.2) is 33.3 Å². The van der Waals surface area contributed by atoms with Gasteiger partial charge >= 0.3 is 0 Å². The highest BCUT2D eigenvalue weighted by Crippen LogP contribution is 2.41. The van der Waals surface area contributed by atoms with Gasteiger partial charge in [0.25, 0.3) is 11.7 Å². The van der Waals surface area contributed by atoms with Crippen molar-refractivity contribution in [3.8, 4) is 5.75 Å². The molecule has 1 fully saturated rings. The molecule has 1 atom stereocenters. The zero-order valence-corrected chi connectivity index (χ0v) is 21.3. The molecule has 35 heavy (non-hydrogen) atoms. The van der Waals surface area contributed by atoms with Crippen molar-refractivity contribution in [3.05, 3.63) is 99.3 Å². The van der Waals surface area contributed by atoms with Crippen molar-refractivity contribution in [2.75, 3.05) is 6.61 Å². The normalized spacial score (nSPS) is 17.1. The van der Waals surface area contributed by atoms with E-state index in [1.165, 1.54) is 4.90 Å². The number of ether oxygens (including phenoxy) is 1. The lowest BCUT2D eigenvalue weighted by Crippen LogP contribution is -2.29. The second-order valence-corrected chi connectivity index (χ2v) is 9.44. The molecule has 0 unspecified atom stereocenters. The van der Waals surface area contributed by atoms with Crippen molar-refractivity contribution in [2.24, 2.45) is 0 Å². The minimum atomic E-state index is -0.732. The molecule has 1 saturated heterocycles. The number of rotatable bonds is 8. The summed E-state index contributed by atoms with van der Waals surface area (Å²) in [5, 5.41) is 11.3. The molecule has 1 aromatic heterocycles. The van der Waals surface area contributed by atoms with Crippen molar-refractivity contribution in [2.45, 2.75) is 39.3 Å². The number of aromatic nitrogens is 1. The van der Waals surface area contributed by atoms with Crippen LogP contribution in [0.15, 0.2) is 77.0 Å². The van der Waals surface area contributed by atoms with Crippen molar-refractivity contribution in [3.63, 3.8) is 0 Å². The molecule has 0 saturated carbocycles. The second-order valence-electron chi connectivity index (χ2n) is 8.52. The summed E-state index contributed by atoms with van der Waals surface area (Å²) in [6.45, 7) is 4.80. The highest BCUT2D eigenvalue weighted by Gasteiger charge is 2.46. The fourth-order valence-corrected chi connectivity index (χ4v) is 4.43. The molecule has 0 spiro atoms. The third kappa shape index (κ3) is 5.30. The number of pyridine rings is 1. The van der Waals surface area contributed by atoms with Crippen LogP contribution in [0, 0.1) is 6.92 Å². The average molecular weight is 535 g/mol. The first-order valence-corrected chi connectivity index (χ1v) is 12.4. The molecule has 7 heteroatoms. The molecule has 4 rings (SSSR count). The molecule has 6 nitrogen and oxygen atoms in total. The Kier molecular flexibility index (Phi) is 7.66. The molecular weight excluding hydrogens is 508 g/mol. The van der Waals surface area contributed by atoms with E-state index >= 15 is 0 Å². The van der Waals surface area contributed by atoms with Crippen molar-refractivity contribution in [1.82, 2.24) is 9.88 Å². The lowest BCUT2D eigenvalue weighted by molar-refractivity contribution is -0.140. The monoisotopic (exact) mass is 534 g/mol. The van der Waals surface area contributed by atoms with E-state index in [9.17, 15) is 14.7 Å². The van der Waals surface area contributed by atoms with Gasteiger partial charge in [-0.2, -0.15) is 0 Å². The van der Waals surface area contributed by atoms with E-state index in [0.717, 1.165) is 39.8 Å². The summed E-state index contributed by atoms with van der Waals surface area (Å²) >= 11 is 3.44. The van der Waals surface area contributed by atoms with Crippen molar-refractivity contribution < 1.29 is 19.4 Å². The largest absolute Gasteiger partial charge is 0.507 e. The number of amides is 1. The van der Waals surface area contributed by atoms with Gasteiger partial charge in [-0.3, -0.25) is 14.6 Å². The standard InChI is InChI=1S/C28H27BrN2O4/c1-3-4-14-35-23-12-9-21(15-18(23)2)26(32)24-25(20-7-10-22(29)11-8-20)31(28(34)27(24)33)17-19-6-5-13-30-16-19/h5-13,15-16,25,32H,3-4,14,17H2,1-2H3/t25-/m1/s1. The Morgan fingerprint density at radius 2 is 1.91 bits per heavy atom. The van der Waals surface area contributed by atoms with Crippen LogP contribution in [0.5, 0.6) is 5.75 Å². The number of carbonyl (C=O) groups excluding carboxylic acids is 2. The molecule has 3 aromatic rings. The number of nitrogens with zero attached hydrogens (tertiary/aromatic N) is 2. The van der Waals surface area contributed by atoms with E-state index in [4.69, 9.17) is 4.74 Å². The van der Waals surface area contributed by atoms with Crippen LogP contribution in [-0.2, 0) is 16.1 Å². The Morgan fingerprint density at radius 1 is 1.14 bits per heavy atom. The Bertz CT molecular complexity index is 1260. The molecule has 0 bridgehead atoms. The maximum atomic E-state index is 13.2. The predicted molar refractivity (Wildman–Crippen MR) is 138 cm³/mol. The van der Waals surface area contributed by atoms with Gasteiger partial charge in [0.15, 0.2) is 0 Å². The van der Waals surface area contributed by atoms with Crippen LogP contribution in [0.3, 0.4) is 0 Å².